The lowest BCUT2D eigenvalue weighted by Crippen LogP contribution is -2.26. The first-order chi connectivity index (χ1) is 12.0. The third-order valence-corrected chi connectivity index (χ3v) is 5.62. The van der Waals surface area contributed by atoms with Gasteiger partial charge in [0.15, 0.2) is 0 Å². The van der Waals surface area contributed by atoms with Gasteiger partial charge in [0.25, 0.3) is 0 Å². The molecular weight excluding hydrogens is 336 g/mol. The van der Waals surface area contributed by atoms with Gasteiger partial charge in [-0.2, -0.15) is 0 Å². The Bertz CT molecular complexity index is 960. The fraction of sp³-hybridized carbons (Fsp3) is 0.263. The maximum absolute atomic E-state index is 12.4. The van der Waals surface area contributed by atoms with E-state index in [4.69, 9.17) is 4.74 Å². The van der Waals surface area contributed by atoms with Gasteiger partial charge in [0, 0.05) is 23.1 Å². The Balaban J connectivity index is 1.68. The van der Waals surface area contributed by atoms with Gasteiger partial charge in [-0.05, 0) is 56.2 Å². The molecule has 0 amide bonds. The number of rotatable bonds is 7. The number of aromatic nitrogens is 1. The Hall–Kier alpha value is -2.31. The number of sulfonamides is 1. The van der Waals surface area contributed by atoms with Crippen LogP contribution < -0.4 is 9.46 Å². The van der Waals surface area contributed by atoms with Crippen LogP contribution in [0.15, 0.2) is 53.4 Å². The Labute approximate surface area is 148 Å². The molecule has 0 radical (unpaired) electrons. The predicted molar refractivity (Wildman–Crippen MR) is 99.5 cm³/mol. The van der Waals surface area contributed by atoms with Gasteiger partial charge in [-0.3, -0.25) is 0 Å². The number of benzene rings is 2. The molecule has 1 aromatic heterocycles. The van der Waals surface area contributed by atoms with Crippen LogP contribution in [0.5, 0.6) is 5.75 Å². The first-order valence-corrected chi connectivity index (χ1v) is 9.78. The van der Waals surface area contributed by atoms with Crippen molar-refractivity contribution >= 4 is 20.9 Å². The highest BCUT2D eigenvalue weighted by Crippen LogP contribution is 2.22. The number of ether oxygens (including phenoxy) is 1. The number of nitrogens with one attached hydrogen (secondary N) is 2. The van der Waals surface area contributed by atoms with Crippen molar-refractivity contribution < 1.29 is 13.2 Å². The molecule has 0 aliphatic heterocycles. The van der Waals surface area contributed by atoms with E-state index in [1.54, 1.807) is 24.3 Å². The predicted octanol–water partition coefficient (Wildman–Crippen LogP) is 3.40. The zero-order chi connectivity index (χ0) is 17.9. The summed E-state index contributed by atoms with van der Waals surface area (Å²) in [6, 6.07) is 14.5. The van der Waals surface area contributed by atoms with Gasteiger partial charge in [-0.1, -0.05) is 18.2 Å². The zero-order valence-corrected chi connectivity index (χ0v) is 15.2. The number of para-hydroxylation sites is 1. The molecule has 3 rings (SSSR count). The Kier molecular flexibility index (Phi) is 5.11. The first-order valence-electron chi connectivity index (χ1n) is 8.30. The van der Waals surface area contributed by atoms with Crippen LogP contribution in [0.25, 0.3) is 10.9 Å². The number of aromatic amines is 1. The second-order valence-electron chi connectivity index (χ2n) is 5.83. The van der Waals surface area contributed by atoms with Crippen LogP contribution in [0.1, 0.15) is 18.2 Å². The topological polar surface area (TPSA) is 71.2 Å². The van der Waals surface area contributed by atoms with Crippen molar-refractivity contribution in [3.63, 3.8) is 0 Å². The van der Waals surface area contributed by atoms with E-state index in [2.05, 4.69) is 15.8 Å². The molecule has 3 aromatic rings. The smallest absolute Gasteiger partial charge is 0.240 e. The van der Waals surface area contributed by atoms with E-state index in [-0.39, 0.29) is 4.90 Å². The lowest BCUT2D eigenvalue weighted by Gasteiger charge is -2.08. The molecule has 0 spiro atoms. The molecule has 1 heterocycles. The molecule has 0 aliphatic carbocycles. The molecule has 0 saturated carbocycles. The molecule has 0 fully saturated rings. The van der Waals surface area contributed by atoms with E-state index >= 15 is 0 Å². The van der Waals surface area contributed by atoms with Gasteiger partial charge in [-0.25, -0.2) is 13.1 Å². The van der Waals surface area contributed by atoms with E-state index in [0.717, 1.165) is 22.2 Å². The average molecular weight is 358 g/mol. The second kappa shape index (κ2) is 7.29. The summed E-state index contributed by atoms with van der Waals surface area (Å²) in [6.07, 6.45) is 0.631. The molecule has 5 nitrogen and oxygen atoms in total. The van der Waals surface area contributed by atoms with E-state index in [9.17, 15) is 8.42 Å². The lowest BCUT2D eigenvalue weighted by molar-refractivity contribution is 0.340. The molecule has 2 N–H and O–H groups in total. The van der Waals surface area contributed by atoms with E-state index < -0.39 is 10.0 Å². The Morgan fingerprint density at radius 2 is 1.80 bits per heavy atom. The third-order valence-electron chi connectivity index (χ3n) is 4.14. The van der Waals surface area contributed by atoms with Crippen LogP contribution in [0.4, 0.5) is 0 Å². The first kappa shape index (κ1) is 17.5. The second-order valence-corrected chi connectivity index (χ2v) is 7.59. The van der Waals surface area contributed by atoms with E-state index in [0.29, 0.717) is 25.3 Å². The van der Waals surface area contributed by atoms with Crippen LogP contribution in [-0.2, 0) is 16.4 Å². The highest BCUT2D eigenvalue weighted by atomic mass is 32.2. The van der Waals surface area contributed by atoms with Crippen molar-refractivity contribution in [1.82, 2.24) is 9.71 Å². The average Bonchev–Trinajstić information content (AvgIpc) is 2.91. The SMILES string of the molecule is CCOc1ccc(S(=O)(=O)NCCc2c(C)[nH]c3ccccc23)cc1. The standard InChI is InChI=1S/C19H22N2O3S/c1-3-24-15-8-10-16(11-9-15)25(22,23)20-13-12-17-14(2)21-19-7-5-4-6-18(17)19/h4-11,20-21H,3,12-13H2,1-2H3. The molecule has 0 saturated heterocycles. The van der Waals surface area contributed by atoms with Crippen molar-refractivity contribution in [1.29, 1.82) is 0 Å². The van der Waals surface area contributed by atoms with Crippen molar-refractivity contribution in [3.05, 3.63) is 59.8 Å². The maximum Gasteiger partial charge on any atom is 0.240 e. The van der Waals surface area contributed by atoms with Crippen molar-refractivity contribution in [2.24, 2.45) is 0 Å². The lowest BCUT2D eigenvalue weighted by atomic mass is 10.1. The fourth-order valence-corrected chi connectivity index (χ4v) is 3.96. The molecule has 25 heavy (non-hydrogen) atoms. The molecule has 0 bridgehead atoms. The molecule has 2 aromatic carbocycles. The van der Waals surface area contributed by atoms with Gasteiger partial charge < -0.3 is 9.72 Å². The molecule has 0 aliphatic rings. The number of aryl methyl sites for hydroxylation is 1. The van der Waals surface area contributed by atoms with Gasteiger partial charge in [0.05, 0.1) is 11.5 Å². The van der Waals surface area contributed by atoms with Crippen LogP contribution >= 0.6 is 0 Å². The van der Waals surface area contributed by atoms with Gasteiger partial charge in [0.1, 0.15) is 5.75 Å². The summed E-state index contributed by atoms with van der Waals surface area (Å²) in [7, 11) is -3.53. The number of H-pyrrole nitrogens is 1. The van der Waals surface area contributed by atoms with E-state index in [1.165, 1.54) is 0 Å². The van der Waals surface area contributed by atoms with Crippen molar-refractivity contribution in [3.8, 4) is 5.75 Å². The Morgan fingerprint density at radius 1 is 1.08 bits per heavy atom. The number of hydrogen-bond acceptors (Lipinski definition) is 3. The zero-order valence-electron chi connectivity index (χ0n) is 14.4. The van der Waals surface area contributed by atoms with E-state index in [1.807, 2.05) is 32.0 Å². The van der Waals surface area contributed by atoms with Gasteiger partial charge in [-0.15, -0.1) is 0 Å². The highest BCUT2D eigenvalue weighted by molar-refractivity contribution is 7.89. The number of fused-ring (bicyclic) bond motifs is 1. The summed E-state index contributed by atoms with van der Waals surface area (Å²) in [4.78, 5) is 3.58. The molecule has 0 atom stereocenters. The van der Waals surface area contributed by atoms with Crippen LogP contribution in [0, 0.1) is 6.92 Å². The minimum Gasteiger partial charge on any atom is -0.494 e. The summed E-state index contributed by atoms with van der Waals surface area (Å²) in [5.74, 6) is 0.663. The molecule has 0 unspecified atom stereocenters. The minimum atomic E-state index is -3.53. The Morgan fingerprint density at radius 3 is 2.52 bits per heavy atom. The van der Waals surface area contributed by atoms with Crippen molar-refractivity contribution in [2.45, 2.75) is 25.2 Å². The summed E-state index contributed by atoms with van der Waals surface area (Å²) >= 11 is 0. The summed E-state index contributed by atoms with van der Waals surface area (Å²) in [6.45, 7) is 4.79. The van der Waals surface area contributed by atoms with Gasteiger partial charge >= 0.3 is 0 Å². The summed E-state index contributed by atoms with van der Waals surface area (Å²) in [5.41, 5.74) is 3.29. The molecule has 6 heteroatoms. The summed E-state index contributed by atoms with van der Waals surface area (Å²) in [5, 5.41) is 1.14. The normalized spacial score (nSPS) is 11.8. The summed E-state index contributed by atoms with van der Waals surface area (Å²) < 4.78 is 32.9. The molecular formula is C19H22N2O3S. The van der Waals surface area contributed by atoms with Crippen molar-refractivity contribution in [2.75, 3.05) is 13.2 Å². The monoisotopic (exact) mass is 358 g/mol. The largest absolute Gasteiger partial charge is 0.494 e. The van der Waals surface area contributed by atoms with Crippen LogP contribution in [0.3, 0.4) is 0 Å². The quantitative estimate of drug-likeness (QED) is 0.680. The fourth-order valence-electron chi connectivity index (χ4n) is 2.93. The molecule has 132 valence electrons. The highest BCUT2D eigenvalue weighted by Gasteiger charge is 2.14. The van der Waals surface area contributed by atoms with Crippen LogP contribution in [-0.4, -0.2) is 26.6 Å². The minimum absolute atomic E-state index is 0.242. The van der Waals surface area contributed by atoms with Gasteiger partial charge in [0.2, 0.25) is 10.0 Å². The maximum atomic E-state index is 12.4. The third kappa shape index (κ3) is 3.86. The number of hydrogen-bond donors (Lipinski definition) is 2. The van der Waals surface area contributed by atoms with Crippen LogP contribution in [0.2, 0.25) is 0 Å².